The molecule has 1 aliphatic heterocycles. The summed E-state index contributed by atoms with van der Waals surface area (Å²) in [6.45, 7) is 2.86. The third-order valence-corrected chi connectivity index (χ3v) is 6.80. The number of carbonyl (C=O) groups excluding carboxylic acids is 2. The van der Waals surface area contributed by atoms with E-state index in [1.165, 1.54) is 42.4 Å². The minimum atomic E-state index is -0.560. The minimum Gasteiger partial charge on any atom is -0.366 e. The second-order valence-electron chi connectivity index (χ2n) is 7.27. The van der Waals surface area contributed by atoms with E-state index in [1.54, 1.807) is 11.4 Å². The van der Waals surface area contributed by atoms with Crippen LogP contribution in [0.25, 0.3) is 5.69 Å². The van der Waals surface area contributed by atoms with Gasteiger partial charge < -0.3 is 11.1 Å². The lowest BCUT2D eigenvalue weighted by atomic mass is 10.1. The molecule has 2 amide bonds. The summed E-state index contributed by atoms with van der Waals surface area (Å²) in [5.41, 5.74) is 6.64. The number of aromatic nitrogens is 3. The maximum atomic E-state index is 12.5. The van der Waals surface area contributed by atoms with Crippen molar-refractivity contribution in [1.82, 2.24) is 19.7 Å². The van der Waals surface area contributed by atoms with Gasteiger partial charge in [-0.2, -0.15) is 0 Å². The van der Waals surface area contributed by atoms with Crippen LogP contribution >= 0.6 is 23.1 Å². The first-order valence-electron chi connectivity index (χ1n) is 10.1. The fraction of sp³-hybridized carbons (Fsp3) is 0.333. The molecule has 3 heterocycles. The zero-order chi connectivity index (χ0) is 21.6. The second-order valence-corrected chi connectivity index (χ2v) is 9.13. The molecule has 1 fully saturated rings. The first kappa shape index (κ1) is 21.5. The van der Waals surface area contributed by atoms with Crippen molar-refractivity contribution in [3.05, 3.63) is 53.2 Å². The van der Waals surface area contributed by atoms with Crippen molar-refractivity contribution < 1.29 is 9.59 Å². The predicted octanol–water partition coefficient (Wildman–Crippen LogP) is 3.14. The number of primary amides is 1. The van der Waals surface area contributed by atoms with Crippen molar-refractivity contribution in [2.45, 2.75) is 31.0 Å². The van der Waals surface area contributed by atoms with E-state index in [0.29, 0.717) is 15.7 Å². The Balaban J connectivity index is 1.49. The van der Waals surface area contributed by atoms with Crippen LogP contribution in [0, 0.1) is 0 Å². The molecule has 3 N–H and O–H groups in total. The monoisotopic (exact) mass is 456 g/mol. The lowest BCUT2D eigenvalue weighted by Gasteiger charge is -2.26. The van der Waals surface area contributed by atoms with Crippen LogP contribution in [-0.4, -0.2) is 50.3 Å². The van der Waals surface area contributed by atoms with Gasteiger partial charge in [-0.15, -0.1) is 21.5 Å². The maximum Gasteiger partial charge on any atom is 0.251 e. The molecule has 0 bridgehead atoms. The van der Waals surface area contributed by atoms with Crippen LogP contribution in [0.2, 0.25) is 0 Å². The first-order chi connectivity index (χ1) is 15.1. The Kier molecular flexibility index (Phi) is 7.00. The third kappa shape index (κ3) is 5.33. The number of hydrogen-bond donors (Lipinski definition) is 2. The molecule has 10 heteroatoms. The van der Waals surface area contributed by atoms with Gasteiger partial charge in [-0.3, -0.25) is 19.1 Å². The van der Waals surface area contributed by atoms with Crippen molar-refractivity contribution in [3.63, 3.8) is 0 Å². The lowest BCUT2D eigenvalue weighted by molar-refractivity contribution is -0.113. The van der Waals surface area contributed by atoms with Gasteiger partial charge in [0.15, 0.2) is 11.0 Å². The smallest absolute Gasteiger partial charge is 0.251 e. The van der Waals surface area contributed by atoms with Gasteiger partial charge in [-0.25, -0.2) is 0 Å². The number of thiophene rings is 1. The lowest BCUT2D eigenvalue weighted by Crippen LogP contribution is -2.30. The Labute approximate surface area is 188 Å². The average molecular weight is 457 g/mol. The average Bonchev–Trinajstić information content (AvgIpc) is 3.40. The van der Waals surface area contributed by atoms with Crippen LogP contribution in [0.5, 0.6) is 0 Å². The van der Waals surface area contributed by atoms with Crippen molar-refractivity contribution in [2.75, 3.05) is 24.2 Å². The van der Waals surface area contributed by atoms with Crippen molar-refractivity contribution >= 4 is 39.9 Å². The summed E-state index contributed by atoms with van der Waals surface area (Å²) >= 11 is 2.59. The van der Waals surface area contributed by atoms with E-state index in [1.807, 2.05) is 34.9 Å². The Hall–Kier alpha value is -2.69. The summed E-state index contributed by atoms with van der Waals surface area (Å²) in [5.74, 6) is 0.223. The van der Waals surface area contributed by atoms with Crippen LogP contribution in [0.4, 0.5) is 5.00 Å². The topological polar surface area (TPSA) is 106 Å². The molecule has 2 aromatic heterocycles. The first-order valence-corrected chi connectivity index (χ1v) is 12.0. The zero-order valence-electron chi connectivity index (χ0n) is 17.0. The van der Waals surface area contributed by atoms with Gasteiger partial charge in [-0.05, 0) is 49.5 Å². The molecule has 0 atom stereocenters. The van der Waals surface area contributed by atoms with Crippen LogP contribution < -0.4 is 11.1 Å². The summed E-state index contributed by atoms with van der Waals surface area (Å²) in [7, 11) is 0. The van der Waals surface area contributed by atoms with Crippen molar-refractivity contribution in [1.29, 1.82) is 0 Å². The van der Waals surface area contributed by atoms with E-state index in [4.69, 9.17) is 5.73 Å². The van der Waals surface area contributed by atoms with E-state index in [-0.39, 0.29) is 11.7 Å². The summed E-state index contributed by atoms with van der Waals surface area (Å²) in [6.07, 6.45) is 3.69. The van der Waals surface area contributed by atoms with Crippen molar-refractivity contribution in [2.24, 2.45) is 5.73 Å². The predicted molar refractivity (Wildman–Crippen MR) is 123 cm³/mol. The van der Waals surface area contributed by atoms with Gasteiger partial charge in [0.05, 0.1) is 17.9 Å². The fourth-order valence-electron chi connectivity index (χ4n) is 3.54. The maximum absolute atomic E-state index is 12.5. The van der Waals surface area contributed by atoms with Gasteiger partial charge in [0, 0.05) is 5.69 Å². The molecular weight excluding hydrogens is 432 g/mol. The fourth-order valence-corrected chi connectivity index (χ4v) is 5.12. The molecule has 0 unspecified atom stereocenters. The molecule has 0 radical (unpaired) electrons. The van der Waals surface area contributed by atoms with Gasteiger partial charge >= 0.3 is 0 Å². The number of hydrogen-bond acceptors (Lipinski definition) is 7. The Morgan fingerprint density at radius 2 is 1.87 bits per heavy atom. The number of para-hydroxylation sites is 1. The van der Waals surface area contributed by atoms with E-state index >= 15 is 0 Å². The summed E-state index contributed by atoms with van der Waals surface area (Å²) < 4.78 is 2.02. The molecule has 1 saturated heterocycles. The van der Waals surface area contributed by atoms with Gasteiger partial charge in [-0.1, -0.05) is 36.4 Å². The number of nitrogens with two attached hydrogens (primary N) is 1. The van der Waals surface area contributed by atoms with Gasteiger partial charge in [0.2, 0.25) is 5.91 Å². The Morgan fingerprint density at radius 1 is 1.10 bits per heavy atom. The Morgan fingerprint density at radius 3 is 2.61 bits per heavy atom. The number of rotatable bonds is 8. The number of thioether (sulfide) groups is 1. The van der Waals surface area contributed by atoms with E-state index < -0.39 is 5.91 Å². The highest BCUT2D eigenvalue weighted by Crippen LogP contribution is 2.26. The molecule has 162 valence electrons. The SMILES string of the molecule is NC(=O)c1ccsc1NC(=O)CSc1nnc(CN2CCCCC2)n1-c1ccccc1. The molecule has 0 aliphatic carbocycles. The second kappa shape index (κ2) is 10.1. The number of amides is 2. The highest BCUT2D eigenvalue weighted by atomic mass is 32.2. The number of nitrogens with one attached hydrogen (secondary N) is 1. The molecule has 0 saturated carbocycles. The quantitative estimate of drug-likeness (QED) is 0.505. The van der Waals surface area contributed by atoms with Gasteiger partial charge in [0.25, 0.3) is 5.91 Å². The van der Waals surface area contributed by atoms with E-state index in [2.05, 4.69) is 20.4 Å². The van der Waals surface area contributed by atoms with Crippen LogP contribution in [-0.2, 0) is 11.3 Å². The highest BCUT2D eigenvalue weighted by Gasteiger charge is 2.20. The number of likely N-dealkylation sites (tertiary alicyclic amines) is 1. The molecule has 31 heavy (non-hydrogen) atoms. The standard InChI is InChI=1S/C21H24N6O2S2/c22-19(29)16-9-12-30-20(16)23-18(28)14-31-21-25-24-17(13-26-10-5-2-6-11-26)27(21)15-7-3-1-4-8-15/h1,3-4,7-9,12H,2,5-6,10-11,13-14H2,(H2,22,29)(H,23,28). The van der Waals surface area contributed by atoms with Crippen LogP contribution in [0.3, 0.4) is 0 Å². The summed E-state index contributed by atoms with van der Waals surface area (Å²) in [5, 5.41) is 14.4. The number of nitrogens with zero attached hydrogens (tertiary/aromatic N) is 4. The van der Waals surface area contributed by atoms with Crippen molar-refractivity contribution in [3.8, 4) is 5.69 Å². The van der Waals surface area contributed by atoms with E-state index in [9.17, 15) is 9.59 Å². The molecular formula is C21H24N6O2S2. The molecule has 4 rings (SSSR count). The molecule has 3 aromatic rings. The molecule has 1 aromatic carbocycles. The molecule has 1 aliphatic rings. The normalized spacial score (nSPS) is 14.5. The zero-order valence-corrected chi connectivity index (χ0v) is 18.6. The molecule has 0 spiro atoms. The molecule has 8 nitrogen and oxygen atoms in total. The largest absolute Gasteiger partial charge is 0.366 e. The summed E-state index contributed by atoms with van der Waals surface area (Å²) in [6, 6.07) is 11.5. The van der Waals surface area contributed by atoms with Crippen LogP contribution in [0.15, 0.2) is 46.9 Å². The van der Waals surface area contributed by atoms with Crippen LogP contribution in [0.1, 0.15) is 35.4 Å². The van der Waals surface area contributed by atoms with Gasteiger partial charge in [0.1, 0.15) is 5.00 Å². The van der Waals surface area contributed by atoms with E-state index in [0.717, 1.165) is 31.1 Å². The number of benzene rings is 1. The number of piperidine rings is 1. The number of anilines is 1. The number of carbonyl (C=O) groups is 2. The third-order valence-electron chi connectivity index (χ3n) is 5.04. The minimum absolute atomic E-state index is 0.144. The highest BCUT2D eigenvalue weighted by molar-refractivity contribution is 7.99. The Bertz CT molecular complexity index is 1040. The summed E-state index contributed by atoms with van der Waals surface area (Å²) in [4.78, 5) is 26.3.